The number of benzene rings is 2. The van der Waals surface area contributed by atoms with Crippen molar-refractivity contribution in [1.82, 2.24) is 0 Å². The number of aliphatic imine (C=N–C) groups is 1. The number of para-hydroxylation sites is 1. The fraction of sp³-hybridized carbons (Fsp3) is 0.316. The van der Waals surface area contributed by atoms with E-state index >= 15 is 0 Å². The van der Waals surface area contributed by atoms with Gasteiger partial charge in [-0.2, -0.15) is 0 Å². The maximum atomic E-state index is 6.39. The Labute approximate surface area is 157 Å². The summed E-state index contributed by atoms with van der Waals surface area (Å²) >= 11 is 12.5. The topological polar surface area (TPSA) is 45.7 Å². The molecule has 0 saturated carbocycles. The highest BCUT2D eigenvalue weighted by molar-refractivity contribution is 6.34. The molecular formula is C19H19Cl2N3O. The third-order valence-electron chi connectivity index (χ3n) is 4.74. The monoisotopic (exact) mass is 375 g/mol. The zero-order chi connectivity index (χ0) is 17.3. The van der Waals surface area contributed by atoms with Gasteiger partial charge in [0.05, 0.1) is 28.5 Å². The molecule has 2 aromatic carbocycles. The second kappa shape index (κ2) is 6.87. The van der Waals surface area contributed by atoms with Gasteiger partial charge in [0.25, 0.3) is 0 Å². The minimum absolute atomic E-state index is 0.269. The standard InChI is InChI=1S/C19H19Cl2N3O/c20-14-4-1-3-13(11-14)12-22-18-19(7-9-25-10-8-19)24-17-15(21)5-2-6-16(17)23-18/h1-6,11,24H,7-10,12H2,(H,22,23). The van der Waals surface area contributed by atoms with Crippen LogP contribution in [0.1, 0.15) is 18.4 Å². The molecule has 1 spiro atoms. The summed E-state index contributed by atoms with van der Waals surface area (Å²) in [5.41, 5.74) is 2.71. The third-order valence-corrected chi connectivity index (χ3v) is 5.29. The average molecular weight is 376 g/mol. The van der Waals surface area contributed by atoms with Crippen molar-refractivity contribution in [3.05, 3.63) is 58.1 Å². The summed E-state index contributed by atoms with van der Waals surface area (Å²) in [6, 6.07) is 13.6. The van der Waals surface area contributed by atoms with Crippen LogP contribution in [-0.4, -0.2) is 24.6 Å². The number of nitrogens with zero attached hydrogens (tertiary/aromatic N) is 1. The van der Waals surface area contributed by atoms with Crippen molar-refractivity contribution in [2.24, 2.45) is 4.99 Å². The van der Waals surface area contributed by atoms with Gasteiger partial charge in [0.1, 0.15) is 5.84 Å². The van der Waals surface area contributed by atoms with Gasteiger partial charge in [0.2, 0.25) is 0 Å². The normalized spacial score (nSPS) is 20.0. The Morgan fingerprint density at radius 2 is 1.88 bits per heavy atom. The Morgan fingerprint density at radius 3 is 2.68 bits per heavy atom. The lowest BCUT2D eigenvalue weighted by Crippen LogP contribution is -2.55. The number of fused-ring (bicyclic) bond motifs is 1. The van der Waals surface area contributed by atoms with Crippen molar-refractivity contribution < 1.29 is 4.74 Å². The molecule has 4 nitrogen and oxygen atoms in total. The lowest BCUT2D eigenvalue weighted by Gasteiger charge is -2.44. The number of nitrogens with one attached hydrogen (secondary N) is 2. The summed E-state index contributed by atoms with van der Waals surface area (Å²) in [5, 5.41) is 8.58. The van der Waals surface area contributed by atoms with Gasteiger partial charge in [-0.05, 0) is 29.8 Å². The molecule has 0 amide bonds. The molecule has 6 heteroatoms. The van der Waals surface area contributed by atoms with E-state index in [-0.39, 0.29) is 5.54 Å². The first-order valence-corrected chi connectivity index (χ1v) is 9.13. The Kier molecular flexibility index (Phi) is 4.59. The molecule has 2 aliphatic rings. The molecule has 2 aromatic rings. The predicted octanol–water partition coefficient (Wildman–Crippen LogP) is 4.98. The molecule has 0 unspecified atom stereocenters. The second-order valence-corrected chi connectivity index (χ2v) is 7.25. The summed E-state index contributed by atoms with van der Waals surface area (Å²) in [6.45, 7) is 1.97. The summed E-state index contributed by atoms with van der Waals surface area (Å²) in [7, 11) is 0. The Balaban J connectivity index is 1.69. The van der Waals surface area contributed by atoms with Crippen LogP contribution in [0.25, 0.3) is 0 Å². The number of hydrogen-bond acceptors (Lipinski definition) is 3. The summed E-state index contributed by atoms with van der Waals surface area (Å²) in [6.07, 6.45) is 1.69. The summed E-state index contributed by atoms with van der Waals surface area (Å²) in [4.78, 5) is 4.89. The van der Waals surface area contributed by atoms with Crippen LogP contribution in [0.4, 0.5) is 11.4 Å². The predicted molar refractivity (Wildman–Crippen MR) is 104 cm³/mol. The van der Waals surface area contributed by atoms with E-state index in [4.69, 9.17) is 32.9 Å². The average Bonchev–Trinajstić information content (AvgIpc) is 2.62. The third kappa shape index (κ3) is 3.34. The molecular weight excluding hydrogens is 357 g/mol. The SMILES string of the molecule is Clc1cccc(CN=C2Nc3cccc(Cl)c3NC23CCOCC3)c1. The minimum atomic E-state index is -0.269. The van der Waals surface area contributed by atoms with Crippen molar-refractivity contribution in [2.75, 3.05) is 23.8 Å². The molecule has 0 atom stereocenters. The van der Waals surface area contributed by atoms with Crippen LogP contribution in [0.2, 0.25) is 10.0 Å². The van der Waals surface area contributed by atoms with Gasteiger partial charge in [0.15, 0.2) is 0 Å². The number of halogens is 2. The minimum Gasteiger partial charge on any atom is -0.381 e. The molecule has 0 bridgehead atoms. The first-order valence-electron chi connectivity index (χ1n) is 8.37. The number of ether oxygens (including phenoxy) is 1. The largest absolute Gasteiger partial charge is 0.381 e. The highest BCUT2D eigenvalue weighted by atomic mass is 35.5. The smallest absolute Gasteiger partial charge is 0.127 e. The van der Waals surface area contributed by atoms with Crippen molar-refractivity contribution in [3.63, 3.8) is 0 Å². The van der Waals surface area contributed by atoms with Gasteiger partial charge < -0.3 is 15.4 Å². The van der Waals surface area contributed by atoms with Crippen LogP contribution < -0.4 is 10.6 Å². The number of anilines is 2. The van der Waals surface area contributed by atoms with E-state index in [1.807, 2.05) is 42.5 Å². The van der Waals surface area contributed by atoms with Gasteiger partial charge in [-0.15, -0.1) is 0 Å². The van der Waals surface area contributed by atoms with Crippen LogP contribution in [0.5, 0.6) is 0 Å². The van der Waals surface area contributed by atoms with E-state index < -0.39 is 0 Å². The first-order chi connectivity index (χ1) is 12.2. The van der Waals surface area contributed by atoms with Gasteiger partial charge >= 0.3 is 0 Å². The van der Waals surface area contributed by atoms with Gasteiger partial charge in [-0.25, -0.2) is 0 Å². The van der Waals surface area contributed by atoms with Crippen LogP contribution in [0.15, 0.2) is 47.5 Å². The zero-order valence-electron chi connectivity index (χ0n) is 13.7. The molecule has 25 heavy (non-hydrogen) atoms. The molecule has 0 aromatic heterocycles. The van der Waals surface area contributed by atoms with E-state index in [9.17, 15) is 0 Å². The molecule has 1 fully saturated rings. The van der Waals surface area contributed by atoms with Crippen molar-refractivity contribution in [1.29, 1.82) is 0 Å². The molecule has 2 aliphatic heterocycles. The van der Waals surface area contributed by atoms with E-state index in [0.29, 0.717) is 24.8 Å². The maximum absolute atomic E-state index is 6.39. The zero-order valence-corrected chi connectivity index (χ0v) is 15.2. The fourth-order valence-corrected chi connectivity index (χ4v) is 3.81. The molecule has 4 rings (SSSR count). The Morgan fingerprint density at radius 1 is 1.08 bits per heavy atom. The molecule has 0 radical (unpaired) electrons. The van der Waals surface area contributed by atoms with Crippen LogP contribution in [0, 0.1) is 0 Å². The van der Waals surface area contributed by atoms with Crippen LogP contribution in [0.3, 0.4) is 0 Å². The molecule has 0 aliphatic carbocycles. The van der Waals surface area contributed by atoms with Gasteiger partial charge in [-0.1, -0.05) is 41.4 Å². The fourth-order valence-electron chi connectivity index (χ4n) is 3.38. The summed E-state index contributed by atoms with van der Waals surface area (Å²) < 4.78 is 5.57. The highest BCUT2D eigenvalue weighted by Gasteiger charge is 2.41. The second-order valence-electron chi connectivity index (χ2n) is 6.40. The van der Waals surface area contributed by atoms with E-state index in [1.165, 1.54) is 0 Å². The van der Waals surface area contributed by atoms with E-state index in [2.05, 4.69) is 10.6 Å². The van der Waals surface area contributed by atoms with Crippen molar-refractivity contribution >= 4 is 40.4 Å². The van der Waals surface area contributed by atoms with Crippen molar-refractivity contribution in [2.45, 2.75) is 24.9 Å². The molecule has 2 N–H and O–H groups in total. The molecule has 130 valence electrons. The molecule has 2 heterocycles. The van der Waals surface area contributed by atoms with E-state index in [0.717, 1.165) is 40.6 Å². The van der Waals surface area contributed by atoms with Crippen LogP contribution in [-0.2, 0) is 11.3 Å². The Hall–Kier alpha value is -1.75. The maximum Gasteiger partial charge on any atom is 0.127 e. The van der Waals surface area contributed by atoms with Gasteiger partial charge in [-0.3, -0.25) is 4.99 Å². The first kappa shape index (κ1) is 16.7. The van der Waals surface area contributed by atoms with Crippen LogP contribution >= 0.6 is 23.2 Å². The summed E-state index contributed by atoms with van der Waals surface area (Å²) in [5.74, 6) is 0.936. The number of amidine groups is 1. The molecule has 1 saturated heterocycles. The highest BCUT2D eigenvalue weighted by Crippen LogP contribution is 2.40. The van der Waals surface area contributed by atoms with Gasteiger partial charge in [0, 0.05) is 31.1 Å². The van der Waals surface area contributed by atoms with E-state index in [1.54, 1.807) is 0 Å². The quantitative estimate of drug-likeness (QED) is 0.777. The Bertz CT molecular complexity index is 816. The van der Waals surface area contributed by atoms with Crippen molar-refractivity contribution in [3.8, 4) is 0 Å². The lowest BCUT2D eigenvalue weighted by atomic mass is 9.86. The number of hydrogen-bond donors (Lipinski definition) is 2. The number of rotatable bonds is 2. The lowest BCUT2D eigenvalue weighted by molar-refractivity contribution is 0.0778.